The highest BCUT2D eigenvalue weighted by Gasteiger charge is 2.28. The van der Waals surface area contributed by atoms with E-state index in [-0.39, 0.29) is 5.91 Å². The number of thioether (sulfide) groups is 1. The first-order valence-corrected chi connectivity index (χ1v) is 6.99. The normalized spacial score (nSPS) is 23.8. The van der Waals surface area contributed by atoms with Gasteiger partial charge >= 0.3 is 0 Å². The van der Waals surface area contributed by atoms with Crippen LogP contribution in [-0.2, 0) is 9.53 Å². The lowest BCUT2D eigenvalue weighted by Gasteiger charge is -2.21. The van der Waals surface area contributed by atoms with E-state index in [2.05, 4.69) is 5.32 Å². The smallest absolute Gasteiger partial charge is 0.257 e. The Morgan fingerprint density at radius 2 is 2.11 bits per heavy atom. The summed E-state index contributed by atoms with van der Waals surface area (Å²) < 4.78 is 5.34. The van der Waals surface area contributed by atoms with E-state index in [1.807, 2.05) is 30.0 Å². The number of anilines is 1. The van der Waals surface area contributed by atoms with Crippen LogP contribution >= 0.6 is 11.8 Å². The molecule has 1 atom stereocenters. The average molecular weight is 265 g/mol. The molecule has 1 amide bonds. The minimum Gasteiger partial charge on any atom is -0.381 e. The van der Waals surface area contributed by atoms with Crippen molar-refractivity contribution in [3.8, 4) is 0 Å². The molecule has 2 heterocycles. The number of hydrogen-bond donors (Lipinski definition) is 2. The summed E-state index contributed by atoms with van der Waals surface area (Å²) in [4.78, 5) is 12.5. The third kappa shape index (κ3) is 2.25. The Morgan fingerprint density at radius 3 is 2.89 bits per heavy atom. The van der Waals surface area contributed by atoms with Gasteiger partial charge in [-0.25, -0.2) is 0 Å². The summed E-state index contributed by atoms with van der Waals surface area (Å²) in [6.07, 6.45) is 1.12. The Balaban J connectivity index is 1.75. The summed E-state index contributed by atoms with van der Waals surface area (Å²) in [5, 5.41) is 12.9. The SMILES string of the molecule is O=C1Nc2cc(SC3CCOCC3)ccc2C1O. The predicted molar refractivity (Wildman–Crippen MR) is 69.7 cm³/mol. The molecular formula is C13H15NO3S. The van der Waals surface area contributed by atoms with Gasteiger partial charge in [0, 0.05) is 34.6 Å². The summed E-state index contributed by atoms with van der Waals surface area (Å²) in [6, 6.07) is 5.76. The van der Waals surface area contributed by atoms with Crippen LogP contribution in [0.2, 0.25) is 0 Å². The molecular weight excluding hydrogens is 250 g/mol. The lowest BCUT2D eigenvalue weighted by atomic mass is 10.1. The monoisotopic (exact) mass is 265 g/mol. The summed E-state index contributed by atoms with van der Waals surface area (Å²) >= 11 is 1.82. The van der Waals surface area contributed by atoms with Crippen LogP contribution in [0.1, 0.15) is 24.5 Å². The van der Waals surface area contributed by atoms with Crippen LogP contribution in [0.15, 0.2) is 23.1 Å². The molecule has 18 heavy (non-hydrogen) atoms. The van der Waals surface area contributed by atoms with Crippen LogP contribution in [0.25, 0.3) is 0 Å². The van der Waals surface area contributed by atoms with Gasteiger partial charge in [0.1, 0.15) is 0 Å². The molecule has 0 aliphatic carbocycles. The van der Waals surface area contributed by atoms with Crippen molar-refractivity contribution in [2.45, 2.75) is 29.1 Å². The Labute approximate surface area is 110 Å². The first-order valence-electron chi connectivity index (χ1n) is 6.11. The Bertz CT molecular complexity index is 471. The second-order valence-electron chi connectivity index (χ2n) is 4.57. The Kier molecular flexibility index (Phi) is 3.28. The molecule has 1 unspecified atom stereocenters. The molecule has 1 fully saturated rings. The van der Waals surface area contributed by atoms with Crippen molar-refractivity contribution in [1.82, 2.24) is 0 Å². The fourth-order valence-electron chi connectivity index (χ4n) is 2.28. The van der Waals surface area contributed by atoms with Crippen LogP contribution < -0.4 is 5.32 Å². The Hall–Kier alpha value is -1.04. The number of hydrogen-bond acceptors (Lipinski definition) is 4. The van der Waals surface area contributed by atoms with Crippen LogP contribution in [0, 0.1) is 0 Å². The standard InChI is InChI=1S/C13H15NO3S/c15-12-10-2-1-9(7-11(10)14-13(12)16)18-8-3-5-17-6-4-8/h1-2,7-8,12,15H,3-6H2,(H,14,16). The lowest BCUT2D eigenvalue weighted by Crippen LogP contribution is -2.17. The maximum Gasteiger partial charge on any atom is 0.257 e. The van der Waals surface area contributed by atoms with Gasteiger partial charge in [-0.3, -0.25) is 4.79 Å². The molecule has 2 aliphatic rings. The van der Waals surface area contributed by atoms with Crippen molar-refractivity contribution in [3.05, 3.63) is 23.8 Å². The highest BCUT2D eigenvalue weighted by Crippen LogP contribution is 2.36. The van der Waals surface area contributed by atoms with Gasteiger partial charge in [-0.2, -0.15) is 0 Å². The number of aliphatic hydroxyl groups is 1. The van der Waals surface area contributed by atoms with Crippen molar-refractivity contribution < 1.29 is 14.6 Å². The number of rotatable bonds is 2. The van der Waals surface area contributed by atoms with E-state index in [1.165, 1.54) is 0 Å². The number of nitrogens with one attached hydrogen (secondary N) is 1. The largest absolute Gasteiger partial charge is 0.381 e. The molecule has 0 aromatic heterocycles. The number of benzene rings is 1. The molecule has 1 aromatic rings. The first kappa shape index (κ1) is 12.0. The third-order valence-electron chi connectivity index (χ3n) is 3.30. The minimum atomic E-state index is -1.01. The van der Waals surface area contributed by atoms with Gasteiger partial charge < -0.3 is 15.2 Å². The summed E-state index contributed by atoms with van der Waals surface area (Å²) in [5.74, 6) is -0.335. The van der Waals surface area contributed by atoms with Gasteiger partial charge in [-0.15, -0.1) is 11.8 Å². The van der Waals surface area contributed by atoms with E-state index < -0.39 is 6.10 Å². The molecule has 4 nitrogen and oxygen atoms in total. The number of amides is 1. The average Bonchev–Trinajstić information content (AvgIpc) is 2.66. The predicted octanol–water partition coefficient (Wildman–Crippen LogP) is 1.94. The second kappa shape index (κ2) is 4.91. The zero-order chi connectivity index (χ0) is 12.5. The third-order valence-corrected chi connectivity index (χ3v) is 4.63. The number of carbonyl (C=O) groups is 1. The highest BCUT2D eigenvalue weighted by atomic mass is 32.2. The number of aliphatic hydroxyl groups excluding tert-OH is 1. The van der Waals surface area contributed by atoms with Crippen LogP contribution in [0.4, 0.5) is 5.69 Å². The zero-order valence-electron chi connectivity index (χ0n) is 9.89. The van der Waals surface area contributed by atoms with E-state index in [0.717, 1.165) is 36.6 Å². The molecule has 0 saturated carbocycles. The first-order chi connectivity index (χ1) is 8.74. The van der Waals surface area contributed by atoms with Crippen molar-refractivity contribution in [2.75, 3.05) is 18.5 Å². The van der Waals surface area contributed by atoms with Gasteiger partial charge in [-0.1, -0.05) is 6.07 Å². The lowest BCUT2D eigenvalue weighted by molar-refractivity contribution is -0.123. The van der Waals surface area contributed by atoms with Crippen molar-refractivity contribution in [1.29, 1.82) is 0 Å². The van der Waals surface area contributed by atoms with Crippen LogP contribution in [0.5, 0.6) is 0 Å². The maximum atomic E-state index is 11.3. The molecule has 1 aromatic carbocycles. The molecule has 1 saturated heterocycles. The topological polar surface area (TPSA) is 58.6 Å². The van der Waals surface area contributed by atoms with Gasteiger partial charge in [-0.05, 0) is 25.0 Å². The maximum absolute atomic E-state index is 11.3. The zero-order valence-corrected chi connectivity index (χ0v) is 10.7. The molecule has 3 rings (SSSR count). The Morgan fingerprint density at radius 1 is 1.33 bits per heavy atom. The van der Waals surface area contributed by atoms with E-state index in [9.17, 15) is 9.90 Å². The number of ether oxygens (including phenoxy) is 1. The van der Waals surface area contributed by atoms with Crippen molar-refractivity contribution >= 4 is 23.4 Å². The van der Waals surface area contributed by atoms with Crippen LogP contribution in [-0.4, -0.2) is 29.5 Å². The fraction of sp³-hybridized carbons (Fsp3) is 0.462. The number of carbonyl (C=O) groups excluding carboxylic acids is 1. The van der Waals surface area contributed by atoms with Crippen LogP contribution in [0.3, 0.4) is 0 Å². The molecule has 2 aliphatic heterocycles. The molecule has 2 N–H and O–H groups in total. The summed E-state index contributed by atoms with van der Waals surface area (Å²) in [5.41, 5.74) is 1.42. The van der Waals surface area contributed by atoms with Crippen molar-refractivity contribution in [2.24, 2.45) is 0 Å². The highest BCUT2D eigenvalue weighted by molar-refractivity contribution is 8.00. The van der Waals surface area contributed by atoms with Crippen molar-refractivity contribution in [3.63, 3.8) is 0 Å². The number of fused-ring (bicyclic) bond motifs is 1. The fourth-order valence-corrected chi connectivity index (χ4v) is 3.43. The molecule has 5 heteroatoms. The van der Waals surface area contributed by atoms with Gasteiger partial charge in [0.15, 0.2) is 6.10 Å². The summed E-state index contributed by atoms with van der Waals surface area (Å²) in [6.45, 7) is 1.66. The van der Waals surface area contributed by atoms with E-state index >= 15 is 0 Å². The molecule has 0 spiro atoms. The van der Waals surface area contributed by atoms with E-state index in [4.69, 9.17) is 4.74 Å². The van der Waals surface area contributed by atoms with Gasteiger partial charge in [0.05, 0.1) is 0 Å². The minimum absolute atomic E-state index is 0.335. The van der Waals surface area contributed by atoms with E-state index in [0.29, 0.717) is 10.8 Å². The molecule has 96 valence electrons. The summed E-state index contributed by atoms with van der Waals surface area (Å²) in [7, 11) is 0. The molecule has 0 bridgehead atoms. The van der Waals surface area contributed by atoms with Gasteiger partial charge in [0.2, 0.25) is 0 Å². The second-order valence-corrected chi connectivity index (χ2v) is 5.94. The van der Waals surface area contributed by atoms with E-state index in [1.54, 1.807) is 0 Å². The van der Waals surface area contributed by atoms with Gasteiger partial charge in [0.25, 0.3) is 5.91 Å². The molecule has 0 radical (unpaired) electrons. The quantitative estimate of drug-likeness (QED) is 0.858.